The summed E-state index contributed by atoms with van der Waals surface area (Å²) in [6.45, 7) is 1.88. The molecule has 0 amide bonds. The quantitative estimate of drug-likeness (QED) is 0.919. The summed E-state index contributed by atoms with van der Waals surface area (Å²) in [5.74, 6) is 1.04. The number of aromatic nitrogens is 1. The number of nitrogens with zero attached hydrogens (tertiary/aromatic N) is 1. The molecule has 21 heavy (non-hydrogen) atoms. The van der Waals surface area contributed by atoms with Crippen LogP contribution in [0.4, 0.5) is 0 Å². The van der Waals surface area contributed by atoms with E-state index in [1.54, 1.807) is 24.3 Å². The molecule has 0 bridgehead atoms. The normalized spacial score (nSPS) is 12.9. The molecule has 1 aromatic carbocycles. The monoisotopic (exact) mass is 307 g/mol. The minimum Gasteiger partial charge on any atom is -0.456 e. The molecule has 2 aromatic rings. The highest BCUT2D eigenvalue weighted by atomic mass is 32.2. The molecule has 112 valence electrons. The van der Waals surface area contributed by atoms with Crippen molar-refractivity contribution in [1.82, 2.24) is 4.98 Å². The molecule has 0 saturated carbocycles. The van der Waals surface area contributed by atoms with Crippen LogP contribution < -0.4 is 4.74 Å². The highest BCUT2D eigenvalue weighted by Crippen LogP contribution is 2.23. The molecule has 1 atom stereocenters. The maximum atomic E-state index is 11.4. The Morgan fingerprint density at radius 1 is 1.14 bits per heavy atom. The number of sulfone groups is 1. The summed E-state index contributed by atoms with van der Waals surface area (Å²) in [6, 6.07) is 9.58. The smallest absolute Gasteiger partial charge is 0.175 e. The summed E-state index contributed by atoms with van der Waals surface area (Å²) in [7, 11) is -3.21. The van der Waals surface area contributed by atoms with Crippen LogP contribution in [0.3, 0.4) is 0 Å². The SMILES string of the molecule is CC[C@@H](O)c1ccc(Oc2ccc(S(C)(=O)=O)cc2)cn1. The van der Waals surface area contributed by atoms with Crippen molar-refractivity contribution in [1.29, 1.82) is 0 Å². The Labute approximate surface area is 124 Å². The fourth-order valence-corrected chi connectivity index (χ4v) is 2.38. The second kappa shape index (κ2) is 6.24. The van der Waals surface area contributed by atoms with Crippen LogP contribution in [0.15, 0.2) is 47.5 Å². The van der Waals surface area contributed by atoms with E-state index in [1.165, 1.54) is 18.3 Å². The molecule has 1 N–H and O–H groups in total. The van der Waals surface area contributed by atoms with Crippen molar-refractivity contribution in [2.75, 3.05) is 6.26 Å². The summed E-state index contributed by atoms with van der Waals surface area (Å²) in [5.41, 5.74) is 0.595. The van der Waals surface area contributed by atoms with Gasteiger partial charge in [-0.15, -0.1) is 0 Å². The maximum absolute atomic E-state index is 11.4. The molecule has 0 aliphatic rings. The van der Waals surface area contributed by atoms with Crippen LogP contribution in [0, 0.1) is 0 Å². The predicted molar refractivity (Wildman–Crippen MR) is 79.1 cm³/mol. The van der Waals surface area contributed by atoms with Gasteiger partial charge in [-0.05, 0) is 42.8 Å². The Kier molecular flexibility index (Phi) is 4.59. The Morgan fingerprint density at radius 3 is 2.24 bits per heavy atom. The van der Waals surface area contributed by atoms with Gasteiger partial charge in [-0.1, -0.05) is 6.92 Å². The zero-order valence-electron chi connectivity index (χ0n) is 11.9. The van der Waals surface area contributed by atoms with E-state index in [4.69, 9.17) is 4.74 Å². The number of hydrogen-bond donors (Lipinski definition) is 1. The lowest BCUT2D eigenvalue weighted by atomic mass is 10.2. The fourth-order valence-electron chi connectivity index (χ4n) is 1.75. The lowest BCUT2D eigenvalue weighted by Crippen LogP contribution is -1.98. The largest absolute Gasteiger partial charge is 0.456 e. The second-order valence-electron chi connectivity index (χ2n) is 4.69. The van der Waals surface area contributed by atoms with Crippen LogP contribution in [0.1, 0.15) is 25.1 Å². The van der Waals surface area contributed by atoms with Crippen molar-refractivity contribution in [3.05, 3.63) is 48.3 Å². The number of aliphatic hydroxyl groups excluding tert-OH is 1. The minimum atomic E-state index is -3.21. The van der Waals surface area contributed by atoms with E-state index >= 15 is 0 Å². The van der Waals surface area contributed by atoms with Gasteiger partial charge in [-0.2, -0.15) is 0 Å². The summed E-state index contributed by atoms with van der Waals surface area (Å²) in [5, 5.41) is 9.66. The van der Waals surface area contributed by atoms with Gasteiger partial charge < -0.3 is 9.84 Å². The summed E-state index contributed by atoms with van der Waals surface area (Å²) in [6.07, 6.45) is 2.71. The van der Waals surface area contributed by atoms with Gasteiger partial charge in [0.2, 0.25) is 0 Å². The van der Waals surface area contributed by atoms with Crippen LogP contribution in [-0.4, -0.2) is 24.8 Å². The first-order valence-electron chi connectivity index (χ1n) is 6.52. The molecule has 0 spiro atoms. The van der Waals surface area contributed by atoms with Gasteiger partial charge in [-0.3, -0.25) is 4.98 Å². The number of hydrogen-bond acceptors (Lipinski definition) is 5. The van der Waals surface area contributed by atoms with Crippen LogP contribution in [0.25, 0.3) is 0 Å². The Balaban J connectivity index is 2.11. The van der Waals surface area contributed by atoms with Crippen LogP contribution >= 0.6 is 0 Å². The third-order valence-corrected chi connectivity index (χ3v) is 4.10. The summed E-state index contributed by atoms with van der Waals surface area (Å²) in [4.78, 5) is 4.38. The van der Waals surface area contributed by atoms with E-state index in [2.05, 4.69) is 4.98 Å². The zero-order valence-corrected chi connectivity index (χ0v) is 12.7. The second-order valence-corrected chi connectivity index (χ2v) is 6.70. The molecule has 0 aliphatic heterocycles. The molecule has 0 fully saturated rings. The Bertz CT molecular complexity index is 693. The molecular formula is C15H17NO4S. The van der Waals surface area contributed by atoms with Gasteiger partial charge in [0, 0.05) is 6.26 Å². The van der Waals surface area contributed by atoms with Crippen molar-refractivity contribution < 1.29 is 18.3 Å². The lowest BCUT2D eigenvalue weighted by molar-refractivity contribution is 0.169. The van der Waals surface area contributed by atoms with E-state index in [1.807, 2.05) is 6.92 Å². The number of ether oxygens (including phenoxy) is 1. The van der Waals surface area contributed by atoms with Gasteiger partial charge in [-0.25, -0.2) is 8.42 Å². The Morgan fingerprint density at radius 2 is 1.76 bits per heavy atom. The van der Waals surface area contributed by atoms with E-state index in [-0.39, 0.29) is 4.90 Å². The third-order valence-electron chi connectivity index (χ3n) is 2.97. The first kappa shape index (κ1) is 15.5. The van der Waals surface area contributed by atoms with Crippen molar-refractivity contribution in [3.63, 3.8) is 0 Å². The fraction of sp³-hybridized carbons (Fsp3) is 0.267. The number of pyridine rings is 1. The van der Waals surface area contributed by atoms with Crippen molar-refractivity contribution in [2.24, 2.45) is 0 Å². The number of rotatable bonds is 5. The molecule has 0 unspecified atom stereocenters. The number of aliphatic hydroxyl groups is 1. The maximum Gasteiger partial charge on any atom is 0.175 e. The number of benzene rings is 1. The van der Waals surface area contributed by atoms with Crippen molar-refractivity contribution in [2.45, 2.75) is 24.3 Å². The molecule has 2 rings (SSSR count). The molecule has 0 radical (unpaired) electrons. The first-order chi connectivity index (χ1) is 9.90. The van der Waals surface area contributed by atoms with Gasteiger partial charge in [0.25, 0.3) is 0 Å². The molecule has 0 saturated heterocycles. The average molecular weight is 307 g/mol. The van der Waals surface area contributed by atoms with Gasteiger partial charge in [0.1, 0.15) is 11.5 Å². The first-order valence-corrected chi connectivity index (χ1v) is 8.41. The summed E-state index contributed by atoms with van der Waals surface area (Å²) >= 11 is 0. The lowest BCUT2D eigenvalue weighted by Gasteiger charge is -2.09. The standard InChI is InChI=1S/C15H17NO4S/c1-3-15(17)14-9-6-12(10-16-14)20-11-4-7-13(8-5-11)21(2,18)19/h4-10,15,17H,3H2,1-2H3/t15-/m1/s1. The molecule has 1 aromatic heterocycles. The van der Waals surface area contributed by atoms with Crippen molar-refractivity contribution in [3.8, 4) is 11.5 Å². The molecule has 1 heterocycles. The highest BCUT2D eigenvalue weighted by molar-refractivity contribution is 7.90. The minimum absolute atomic E-state index is 0.245. The zero-order chi connectivity index (χ0) is 15.5. The van der Waals surface area contributed by atoms with E-state index in [0.29, 0.717) is 23.6 Å². The average Bonchev–Trinajstić information content (AvgIpc) is 2.47. The molecule has 6 heteroatoms. The molecular weight excluding hydrogens is 290 g/mol. The third kappa shape index (κ3) is 4.03. The van der Waals surface area contributed by atoms with Crippen molar-refractivity contribution >= 4 is 9.84 Å². The van der Waals surface area contributed by atoms with Crippen LogP contribution in [0.2, 0.25) is 0 Å². The van der Waals surface area contributed by atoms with E-state index < -0.39 is 15.9 Å². The Hall–Kier alpha value is -1.92. The van der Waals surface area contributed by atoms with Crippen LogP contribution in [0.5, 0.6) is 11.5 Å². The van der Waals surface area contributed by atoms with Gasteiger partial charge in [0.15, 0.2) is 9.84 Å². The molecule has 0 aliphatic carbocycles. The van der Waals surface area contributed by atoms with E-state index in [9.17, 15) is 13.5 Å². The topological polar surface area (TPSA) is 76.5 Å². The predicted octanol–water partition coefficient (Wildman–Crippen LogP) is 2.72. The van der Waals surface area contributed by atoms with E-state index in [0.717, 1.165) is 6.26 Å². The van der Waals surface area contributed by atoms with Gasteiger partial charge >= 0.3 is 0 Å². The molecule has 5 nitrogen and oxygen atoms in total. The highest BCUT2D eigenvalue weighted by Gasteiger charge is 2.08. The van der Waals surface area contributed by atoms with Gasteiger partial charge in [0.05, 0.1) is 22.9 Å². The van der Waals surface area contributed by atoms with Crippen LogP contribution in [-0.2, 0) is 9.84 Å². The summed E-state index contributed by atoms with van der Waals surface area (Å²) < 4.78 is 28.3.